The molecular formula is C17H20O3. The lowest BCUT2D eigenvalue weighted by Crippen LogP contribution is -2.06. The van der Waals surface area contributed by atoms with Crippen LogP contribution in [0.25, 0.3) is 0 Å². The second kappa shape index (κ2) is 6.96. The summed E-state index contributed by atoms with van der Waals surface area (Å²) in [5.74, 6) is 1.66. The van der Waals surface area contributed by atoms with Gasteiger partial charge in [-0.2, -0.15) is 0 Å². The van der Waals surface area contributed by atoms with Crippen LogP contribution in [0.5, 0.6) is 11.5 Å². The highest BCUT2D eigenvalue weighted by molar-refractivity contribution is 5.46. The van der Waals surface area contributed by atoms with Crippen molar-refractivity contribution >= 4 is 0 Å². The smallest absolute Gasteiger partial charge is 0.126 e. The fourth-order valence-electron chi connectivity index (χ4n) is 2.42. The Morgan fingerprint density at radius 2 is 1.75 bits per heavy atom. The predicted octanol–water partition coefficient (Wildman–Crippen LogP) is 3.22. The van der Waals surface area contributed by atoms with Gasteiger partial charge in [0, 0.05) is 24.2 Å². The van der Waals surface area contributed by atoms with Crippen LogP contribution < -0.4 is 9.47 Å². The summed E-state index contributed by atoms with van der Waals surface area (Å²) < 4.78 is 10.7. The zero-order valence-corrected chi connectivity index (χ0v) is 11.9. The Labute approximate surface area is 119 Å². The normalized spacial score (nSPS) is 11.9. The van der Waals surface area contributed by atoms with Gasteiger partial charge in [0.15, 0.2) is 0 Å². The second-order valence-corrected chi connectivity index (χ2v) is 4.58. The van der Waals surface area contributed by atoms with E-state index in [2.05, 4.69) is 12.1 Å². The highest BCUT2D eigenvalue weighted by Gasteiger charge is 2.18. The molecule has 2 aromatic carbocycles. The molecule has 0 saturated heterocycles. The molecule has 0 aliphatic rings. The minimum atomic E-state index is 0.113. The molecule has 0 saturated carbocycles. The van der Waals surface area contributed by atoms with Crippen molar-refractivity contribution in [2.24, 2.45) is 0 Å². The van der Waals surface area contributed by atoms with Crippen LogP contribution in [0.15, 0.2) is 48.5 Å². The molecule has 0 bridgehead atoms. The van der Waals surface area contributed by atoms with E-state index in [0.29, 0.717) is 6.42 Å². The molecule has 106 valence electrons. The van der Waals surface area contributed by atoms with Gasteiger partial charge in [0.1, 0.15) is 11.5 Å². The maximum absolute atomic E-state index is 9.36. The average Bonchev–Trinajstić information content (AvgIpc) is 2.53. The monoisotopic (exact) mass is 272 g/mol. The molecule has 20 heavy (non-hydrogen) atoms. The van der Waals surface area contributed by atoms with E-state index in [1.807, 2.05) is 36.4 Å². The Kier molecular flexibility index (Phi) is 5.02. The van der Waals surface area contributed by atoms with Crippen LogP contribution in [0.1, 0.15) is 23.5 Å². The maximum Gasteiger partial charge on any atom is 0.126 e. The number of rotatable bonds is 6. The Morgan fingerprint density at radius 1 is 1.00 bits per heavy atom. The van der Waals surface area contributed by atoms with Crippen molar-refractivity contribution in [2.75, 3.05) is 20.8 Å². The summed E-state index contributed by atoms with van der Waals surface area (Å²) in [5, 5.41) is 9.36. The zero-order chi connectivity index (χ0) is 14.4. The van der Waals surface area contributed by atoms with E-state index in [-0.39, 0.29) is 12.5 Å². The number of hydrogen-bond acceptors (Lipinski definition) is 3. The number of benzene rings is 2. The van der Waals surface area contributed by atoms with Crippen LogP contribution in [-0.2, 0) is 0 Å². The highest BCUT2D eigenvalue weighted by Crippen LogP contribution is 2.36. The minimum Gasteiger partial charge on any atom is -0.497 e. The molecule has 3 nitrogen and oxygen atoms in total. The molecule has 0 amide bonds. The van der Waals surface area contributed by atoms with Gasteiger partial charge in [-0.05, 0) is 18.1 Å². The Morgan fingerprint density at radius 3 is 2.35 bits per heavy atom. The van der Waals surface area contributed by atoms with Gasteiger partial charge in [-0.1, -0.05) is 36.4 Å². The fourth-order valence-corrected chi connectivity index (χ4v) is 2.42. The molecular weight excluding hydrogens is 252 g/mol. The molecule has 0 aliphatic carbocycles. The Bertz CT molecular complexity index is 537. The first kappa shape index (κ1) is 14.4. The maximum atomic E-state index is 9.36. The molecule has 0 spiro atoms. The van der Waals surface area contributed by atoms with E-state index in [1.165, 1.54) is 5.56 Å². The molecule has 0 radical (unpaired) electrons. The molecule has 1 unspecified atom stereocenters. The van der Waals surface area contributed by atoms with E-state index in [4.69, 9.17) is 9.47 Å². The summed E-state index contributed by atoms with van der Waals surface area (Å²) >= 11 is 0. The number of ether oxygens (including phenoxy) is 2. The van der Waals surface area contributed by atoms with Gasteiger partial charge in [0.2, 0.25) is 0 Å². The quantitative estimate of drug-likeness (QED) is 0.877. The van der Waals surface area contributed by atoms with Crippen molar-refractivity contribution in [3.63, 3.8) is 0 Å². The van der Waals surface area contributed by atoms with Crippen molar-refractivity contribution in [1.82, 2.24) is 0 Å². The topological polar surface area (TPSA) is 38.7 Å². The van der Waals surface area contributed by atoms with Gasteiger partial charge in [-0.3, -0.25) is 0 Å². The van der Waals surface area contributed by atoms with E-state index < -0.39 is 0 Å². The van der Waals surface area contributed by atoms with Crippen LogP contribution >= 0.6 is 0 Å². The lowest BCUT2D eigenvalue weighted by molar-refractivity contribution is 0.280. The molecule has 0 heterocycles. The Hall–Kier alpha value is -2.00. The van der Waals surface area contributed by atoms with Crippen molar-refractivity contribution in [1.29, 1.82) is 0 Å². The lowest BCUT2D eigenvalue weighted by Gasteiger charge is -2.20. The molecule has 2 rings (SSSR count). The largest absolute Gasteiger partial charge is 0.497 e. The molecule has 0 aromatic heterocycles. The molecule has 3 heteroatoms. The molecule has 0 fully saturated rings. The van der Waals surface area contributed by atoms with E-state index >= 15 is 0 Å². The summed E-state index contributed by atoms with van der Waals surface area (Å²) in [7, 11) is 3.29. The molecule has 1 N–H and O–H groups in total. The average molecular weight is 272 g/mol. The Balaban J connectivity index is 2.44. The molecule has 0 aliphatic heterocycles. The second-order valence-electron chi connectivity index (χ2n) is 4.58. The zero-order valence-electron chi connectivity index (χ0n) is 11.9. The number of aliphatic hydroxyl groups is 1. The summed E-state index contributed by atoms with van der Waals surface area (Å²) in [4.78, 5) is 0. The first-order valence-corrected chi connectivity index (χ1v) is 6.68. The van der Waals surface area contributed by atoms with Gasteiger partial charge < -0.3 is 14.6 Å². The number of aliphatic hydroxyl groups excluding tert-OH is 1. The van der Waals surface area contributed by atoms with E-state index in [0.717, 1.165) is 17.1 Å². The van der Waals surface area contributed by atoms with Crippen LogP contribution in [0, 0.1) is 0 Å². The standard InChI is InChI=1S/C17H20O3/c1-19-14-8-9-16(17(12-14)20-2)15(10-11-18)13-6-4-3-5-7-13/h3-9,12,15,18H,10-11H2,1-2H3. The first-order chi connectivity index (χ1) is 9.80. The SMILES string of the molecule is COc1ccc(C(CCO)c2ccccc2)c(OC)c1. The molecule has 1 atom stereocenters. The third kappa shape index (κ3) is 3.11. The number of methoxy groups -OCH3 is 2. The number of hydrogen-bond donors (Lipinski definition) is 1. The summed E-state index contributed by atoms with van der Waals surface area (Å²) in [6.45, 7) is 0.134. The van der Waals surface area contributed by atoms with Gasteiger partial charge in [-0.25, -0.2) is 0 Å². The van der Waals surface area contributed by atoms with Crippen molar-refractivity contribution in [3.05, 3.63) is 59.7 Å². The third-order valence-electron chi connectivity index (χ3n) is 3.44. The summed E-state index contributed by atoms with van der Waals surface area (Å²) in [6.07, 6.45) is 0.659. The van der Waals surface area contributed by atoms with Gasteiger partial charge >= 0.3 is 0 Å². The van der Waals surface area contributed by atoms with Crippen LogP contribution in [0.4, 0.5) is 0 Å². The van der Waals surface area contributed by atoms with Crippen LogP contribution in [0.3, 0.4) is 0 Å². The summed E-state index contributed by atoms with van der Waals surface area (Å²) in [6, 6.07) is 16.0. The predicted molar refractivity (Wildman–Crippen MR) is 79.5 cm³/mol. The lowest BCUT2D eigenvalue weighted by atomic mass is 9.88. The van der Waals surface area contributed by atoms with Gasteiger partial charge in [-0.15, -0.1) is 0 Å². The summed E-state index contributed by atoms with van der Waals surface area (Å²) in [5.41, 5.74) is 2.23. The first-order valence-electron chi connectivity index (χ1n) is 6.68. The van der Waals surface area contributed by atoms with Crippen molar-refractivity contribution in [3.8, 4) is 11.5 Å². The third-order valence-corrected chi connectivity index (χ3v) is 3.44. The molecule has 2 aromatic rings. The van der Waals surface area contributed by atoms with Crippen molar-refractivity contribution < 1.29 is 14.6 Å². The van der Waals surface area contributed by atoms with Crippen LogP contribution in [-0.4, -0.2) is 25.9 Å². The van der Waals surface area contributed by atoms with Crippen LogP contribution in [0.2, 0.25) is 0 Å². The fraction of sp³-hybridized carbons (Fsp3) is 0.294. The minimum absolute atomic E-state index is 0.113. The van der Waals surface area contributed by atoms with Gasteiger partial charge in [0.05, 0.1) is 14.2 Å². The highest BCUT2D eigenvalue weighted by atomic mass is 16.5. The van der Waals surface area contributed by atoms with E-state index in [9.17, 15) is 5.11 Å². The van der Waals surface area contributed by atoms with E-state index in [1.54, 1.807) is 14.2 Å². The van der Waals surface area contributed by atoms with Gasteiger partial charge in [0.25, 0.3) is 0 Å². The van der Waals surface area contributed by atoms with Crippen molar-refractivity contribution in [2.45, 2.75) is 12.3 Å².